The maximum atomic E-state index is 12.6. The van der Waals surface area contributed by atoms with Crippen LogP contribution in [0, 0.1) is 11.3 Å². The van der Waals surface area contributed by atoms with Gasteiger partial charge < -0.3 is 5.73 Å². The Hall–Kier alpha value is -2.14. The Morgan fingerprint density at radius 3 is 2.83 bits per heavy atom. The number of nitrogens with two attached hydrogens (primary N) is 1. The number of nitriles is 1. The number of nitrogens with zero attached hydrogens (tertiary/aromatic N) is 2. The maximum absolute atomic E-state index is 12.6. The molecule has 3 N–H and O–H groups in total. The van der Waals surface area contributed by atoms with Crippen LogP contribution in [0.3, 0.4) is 0 Å². The molecule has 0 spiro atoms. The number of nitrogen functional groups attached to an aromatic ring is 1. The number of aryl methyl sites for hydroxylation is 1. The van der Waals surface area contributed by atoms with Crippen molar-refractivity contribution in [1.29, 1.82) is 5.26 Å². The van der Waals surface area contributed by atoms with Gasteiger partial charge in [-0.15, -0.1) is 12.4 Å². The zero-order valence-electron chi connectivity index (χ0n) is 12.8. The van der Waals surface area contributed by atoms with Crippen molar-refractivity contribution >= 4 is 28.1 Å². The van der Waals surface area contributed by atoms with Crippen LogP contribution in [0.5, 0.6) is 0 Å². The van der Waals surface area contributed by atoms with Crippen molar-refractivity contribution in [2.24, 2.45) is 0 Å². The highest BCUT2D eigenvalue weighted by Gasteiger charge is 2.26. The van der Waals surface area contributed by atoms with Crippen LogP contribution in [0.15, 0.2) is 41.6 Å². The van der Waals surface area contributed by atoms with Gasteiger partial charge in [0, 0.05) is 24.1 Å². The maximum Gasteiger partial charge on any atom is 0.242 e. The molecular weight excluding hydrogens is 348 g/mol. The molecule has 3 rings (SSSR count). The highest BCUT2D eigenvalue weighted by molar-refractivity contribution is 7.89. The van der Waals surface area contributed by atoms with Crippen molar-refractivity contribution in [2.45, 2.75) is 30.2 Å². The monoisotopic (exact) mass is 364 g/mol. The number of pyridine rings is 1. The van der Waals surface area contributed by atoms with Crippen LogP contribution in [-0.2, 0) is 16.4 Å². The summed E-state index contributed by atoms with van der Waals surface area (Å²) < 4.78 is 27.8. The van der Waals surface area contributed by atoms with Gasteiger partial charge in [-0.2, -0.15) is 5.26 Å². The molecule has 1 unspecified atom stereocenters. The van der Waals surface area contributed by atoms with Crippen LogP contribution in [0.2, 0.25) is 0 Å². The second-order valence-electron chi connectivity index (χ2n) is 5.55. The number of nitrogens with one attached hydrogen (secondary N) is 1. The number of hydrogen-bond donors (Lipinski definition) is 2. The first-order chi connectivity index (χ1) is 11.0. The van der Waals surface area contributed by atoms with E-state index < -0.39 is 10.0 Å². The summed E-state index contributed by atoms with van der Waals surface area (Å²) in [4.78, 5) is 3.81. The number of hydrogen-bond acceptors (Lipinski definition) is 5. The molecule has 0 bridgehead atoms. The number of aromatic nitrogens is 1. The first-order valence-electron chi connectivity index (χ1n) is 7.25. The normalized spacial score (nSPS) is 16.5. The topological polar surface area (TPSA) is 109 Å². The van der Waals surface area contributed by atoms with E-state index in [9.17, 15) is 8.42 Å². The van der Waals surface area contributed by atoms with Gasteiger partial charge in [0.15, 0.2) is 0 Å². The lowest BCUT2D eigenvalue weighted by Gasteiger charge is -2.26. The summed E-state index contributed by atoms with van der Waals surface area (Å²) in [6, 6.07) is 8.48. The first-order valence-corrected chi connectivity index (χ1v) is 8.74. The quantitative estimate of drug-likeness (QED) is 0.812. The third kappa shape index (κ3) is 3.67. The Labute approximate surface area is 147 Å². The van der Waals surface area contributed by atoms with E-state index in [2.05, 4.69) is 9.71 Å². The average Bonchev–Trinajstić information content (AvgIpc) is 2.54. The standard InChI is InChI=1S/C16H16N4O2S.ClH/c17-8-11-6-14(10-19-9-11)23(21,22)20-16-3-1-2-12-7-13(18)4-5-15(12)16;/h4-7,9-10,16,20H,1-3,18H2;1H. The summed E-state index contributed by atoms with van der Waals surface area (Å²) in [5, 5.41) is 8.89. The highest BCUT2D eigenvalue weighted by Crippen LogP contribution is 2.32. The van der Waals surface area contributed by atoms with Gasteiger partial charge in [0.2, 0.25) is 10.0 Å². The van der Waals surface area contributed by atoms with Gasteiger partial charge in [-0.3, -0.25) is 4.98 Å². The molecule has 6 nitrogen and oxygen atoms in total. The number of anilines is 1. The number of benzene rings is 1. The minimum absolute atomic E-state index is 0. The zero-order valence-corrected chi connectivity index (χ0v) is 14.4. The van der Waals surface area contributed by atoms with E-state index in [1.54, 1.807) is 6.07 Å². The fraction of sp³-hybridized carbons (Fsp3) is 0.250. The van der Waals surface area contributed by atoms with Crippen LogP contribution < -0.4 is 10.5 Å². The molecule has 0 amide bonds. The molecule has 0 fully saturated rings. The molecular formula is C16H17ClN4O2S. The Morgan fingerprint density at radius 2 is 2.08 bits per heavy atom. The minimum atomic E-state index is -3.74. The number of sulfonamides is 1. The Balaban J connectivity index is 0.00000208. The number of fused-ring (bicyclic) bond motifs is 1. The van der Waals surface area contributed by atoms with Crippen molar-refractivity contribution in [3.05, 3.63) is 53.3 Å². The molecule has 1 aromatic carbocycles. The smallest absolute Gasteiger partial charge is 0.242 e. The Morgan fingerprint density at radius 1 is 1.29 bits per heavy atom. The third-order valence-electron chi connectivity index (χ3n) is 3.93. The second kappa shape index (κ2) is 7.18. The van der Waals surface area contributed by atoms with E-state index in [1.165, 1.54) is 18.5 Å². The van der Waals surface area contributed by atoms with Crippen molar-refractivity contribution in [2.75, 3.05) is 5.73 Å². The molecule has 0 saturated carbocycles. The number of rotatable bonds is 3. The second-order valence-corrected chi connectivity index (χ2v) is 7.26. The van der Waals surface area contributed by atoms with E-state index in [4.69, 9.17) is 11.0 Å². The Kier molecular flexibility index (Phi) is 5.44. The van der Waals surface area contributed by atoms with Crippen LogP contribution in [0.25, 0.3) is 0 Å². The fourth-order valence-electron chi connectivity index (χ4n) is 2.84. The largest absolute Gasteiger partial charge is 0.399 e. The molecule has 1 atom stereocenters. The summed E-state index contributed by atoms with van der Waals surface area (Å²) in [5.74, 6) is 0. The van der Waals surface area contributed by atoms with E-state index in [1.807, 2.05) is 18.2 Å². The van der Waals surface area contributed by atoms with Crippen molar-refractivity contribution in [3.8, 4) is 6.07 Å². The van der Waals surface area contributed by atoms with Gasteiger partial charge in [0.05, 0.1) is 5.56 Å². The van der Waals surface area contributed by atoms with E-state index in [-0.39, 0.29) is 28.9 Å². The number of halogens is 1. The van der Waals surface area contributed by atoms with Gasteiger partial charge in [-0.05, 0) is 48.6 Å². The van der Waals surface area contributed by atoms with Crippen molar-refractivity contribution < 1.29 is 8.42 Å². The molecule has 126 valence electrons. The van der Waals surface area contributed by atoms with Crippen LogP contribution in [0.1, 0.15) is 35.6 Å². The molecule has 8 heteroatoms. The van der Waals surface area contributed by atoms with Gasteiger partial charge in [-0.1, -0.05) is 6.07 Å². The van der Waals surface area contributed by atoms with Gasteiger partial charge >= 0.3 is 0 Å². The molecule has 0 saturated heterocycles. The van der Waals surface area contributed by atoms with E-state index >= 15 is 0 Å². The minimum Gasteiger partial charge on any atom is -0.399 e. The molecule has 24 heavy (non-hydrogen) atoms. The van der Waals surface area contributed by atoms with Gasteiger partial charge in [0.1, 0.15) is 11.0 Å². The van der Waals surface area contributed by atoms with Crippen LogP contribution in [0.4, 0.5) is 5.69 Å². The molecule has 2 aromatic rings. The Bertz CT molecular complexity index is 893. The lowest BCUT2D eigenvalue weighted by Crippen LogP contribution is -2.31. The van der Waals surface area contributed by atoms with Crippen LogP contribution in [-0.4, -0.2) is 13.4 Å². The van der Waals surface area contributed by atoms with Gasteiger partial charge in [-0.25, -0.2) is 13.1 Å². The summed E-state index contributed by atoms with van der Waals surface area (Å²) in [7, 11) is -3.74. The fourth-order valence-corrected chi connectivity index (χ4v) is 4.08. The molecule has 1 aliphatic rings. The molecule has 0 radical (unpaired) electrons. The van der Waals surface area contributed by atoms with E-state index in [0.717, 1.165) is 30.4 Å². The molecule has 1 heterocycles. The van der Waals surface area contributed by atoms with E-state index in [0.29, 0.717) is 5.69 Å². The molecule has 0 aliphatic heterocycles. The lowest BCUT2D eigenvalue weighted by molar-refractivity contribution is 0.507. The SMILES string of the molecule is Cl.N#Cc1cncc(S(=O)(=O)NC2CCCc3cc(N)ccc32)c1. The van der Waals surface area contributed by atoms with Crippen LogP contribution >= 0.6 is 12.4 Å². The van der Waals surface area contributed by atoms with Crippen molar-refractivity contribution in [1.82, 2.24) is 9.71 Å². The average molecular weight is 365 g/mol. The first kappa shape index (κ1) is 18.2. The predicted molar refractivity (Wildman–Crippen MR) is 93.1 cm³/mol. The van der Waals surface area contributed by atoms with Gasteiger partial charge in [0.25, 0.3) is 0 Å². The highest BCUT2D eigenvalue weighted by atomic mass is 35.5. The predicted octanol–water partition coefficient (Wildman–Crippen LogP) is 2.31. The summed E-state index contributed by atoms with van der Waals surface area (Å²) in [6.07, 6.45) is 5.08. The summed E-state index contributed by atoms with van der Waals surface area (Å²) >= 11 is 0. The molecule has 1 aromatic heterocycles. The zero-order chi connectivity index (χ0) is 16.4. The third-order valence-corrected chi connectivity index (χ3v) is 5.37. The summed E-state index contributed by atoms with van der Waals surface area (Å²) in [6.45, 7) is 0. The molecule has 1 aliphatic carbocycles. The van der Waals surface area contributed by atoms with Crippen molar-refractivity contribution in [3.63, 3.8) is 0 Å². The lowest BCUT2D eigenvalue weighted by atomic mass is 9.88. The summed E-state index contributed by atoms with van der Waals surface area (Å²) in [5.41, 5.74) is 8.73.